The maximum atomic E-state index is 12.5. The molecule has 0 aliphatic carbocycles. The van der Waals surface area contributed by atoms with Crippen molar-refractivity contribution in [3.05, 3.63) is 24.2 Å². The van der Waals surface area contributed by atoms with Crippen molar-refractivity contribution in [1.82, 2.24) is 10.2 Å². The van der Waals surface area contributed by atoms with Crippen LogP contribution in [0.3, 0.4) is 0 Å². The number of carbonyl (C=O) groups excluding carboxylic acids is 2. The van der Waals surface area contributed by atoms with Crippen molar-refractivity contribution in [2.75, 3.05) is 13.1 Å². The number of nitrogens with one attached hydrogen (secondary N) is 1. The minimum Gasteiger partial charge on any atom is -0.459 e. The van der Waals surface area contributed by atoms with Crippen molar-refractivity contribution in [3.8, 4) is 0 Å². The molecular formula is C15H24ClN3O3. The molecule has 1 fully saturated rings. The molecule has 1 aromatic heterocycles. The molecule has 3 atom stereocenters. The van der Waals surface area contributed by atoms with Crippen molar-refractivity contribution >= 4 is 24.2 Å². The van der Waals surface area contributed by atoms with Gasteiger partial charge in [-0.3, -0.25) is 9.59 Å². The summed E-state index contributed by atoms with van der Waals surface area (Å²) in [6.45, 7) is 5.01. The van der Waals surface area contributed by atoms with Crippen LogP contribution in [0.1, 0.15) is 37.2 Å². The van der Waals surface area contributed by atoms with Crippen LogP contribution in [0.15, 0.2) is 22.8 Å². The van der Waals surface area contributed by atoms with E-state index in [4.69, 9.17) is 10.2 Å². The summed E-state index contributed by atoms with van der Waals surface area (Å²) in [5.74, 6) is 0.320. The first-order chi connectivity index (χ1) is 10.0. The van der Waals surface area contributed by atoms with E-state index in [1.54, 1.807) is 24.0 Å². The quantitative estimate of drug-likeness (QED) is 0.874. The van der Waals surface area contributed by atoms with Gasteiger partial charge < -0.3 is 20.4 Å². The van der Waals surface area contributed by atoms with Crippen molar-refractivity contribution < 1.29 is 14.0 Å². The summed E-state index contributed by atoms with van der Waals surface area (Å²) in [7, 11) is 0. The molecule has 0 radical (unpaired) electrons. The highest BCUT2D eigenvalue weighted by Gasteiger charge is 2.32. The van der Waals surface area contributed by atoms with E-state index < -0.39 is 6.04 Å². The Bertz CT molecular complexity index is 492. The SMILES string of the molecule is CC1CCN(C(=O)C(C)NC(=O)c2ccco2)C(CN)C1.Cl. The number of piperidine rings is 1. The fourth-order valence-corrected chi connectivity index (χ4v) is 2.75. The maximum Gasteiger partial charge on any atom is 0.287 e. The molecule has 2 rings (SSSR count). The fraction of sp³-hybridized carbons (Fsp3) is 0.600. The molecule has 0 aromatic carbocycles. The van der Waals surface area contributed by atoms with Gasteiger partial charge in [0, 0.05) is 19.1 Å². The molecule has 2 amide bonds. The highest BCUT2D eigenvalue weighted by molar-refractivity contribution is 5.95. The number of amides is 2. The molecule has 22 heavy (non-hydrogen) atoms. The normalized spacial score (nSPS) is 22.6. The zero-order chi connectivity index (χ0) is 15.4. The third-order valence-electron chi connectivity index (χ3n) is 4.00. The third-order valence-corrected chi connectivity index (χ3v) is 4.00. The molecule has 3 N–H and O–H groups in total. The summed E-state index contributed by atoms with van der Waals surface area (Å²) in [5.41, 5.74) is 5.78. The number of halogens is 1. The van der Waals surface area contributed by atoms with Crippen LogP contribution in [0.25, 0.3) is 0 Å². The molecule has 3 unspecified atom stereocenters. The number of hydrogen-bond acceptors (Lipinski definition) is 4. The summed E-state index contributed by atoms with van der Waals surface area (Å²) < 4.78 is 5.02. The number of likely N-dealkylation sites (tertiary alicyclic amines) is 1. The lowest BCUT2D eigenvalue weighted by Gasteiger charge is -2.39. The predicted molar refractivity (Wildman–Crippen MR) is 85.8 cm³/mol. The Morgan fingerprint density at radius 3 is 2.86 bits per heavy atom. The second-order valence-electron chi connectivity index (χ2n) is 5.72. The van der Waals surface area contributed by atoms with Crippen molar-refractivity contribution in [2.45, 2.75) is 38.8 Å². The molecule has 7 heteroatoms. The highest BCUT2D eigenvalue weighted by Crippen LogP contribution is 2.22. The van der Waals surface area contributed by atoms with Crippen LogP contribution in [0.2, 0.25) is 0 Å². The average Bonchev–Trinajstić information content (AvgIpc) is 3.00. The zero-order valence-electron chi connectivity index (χ0n) is 13.0. The molecule has 1 aliphatic rings. The summed E-state index contributed by atoms with van der Waals surface area (Å²) in [4.78, 5) is 26.2. The van der Waals surface area contributed by atoms with E-state index in [0.29, 0.717) is 19.0 Å². The Morgan fingerprint density at radius 1 is 1.55 bits per heavy atom. The van der Waals surface area contributed by atoms with Crippen molar-refractivity contribution in [1.29, 1.82) is 0 Å². The smallest absolute Gasteiger partial charge is 0.287 e. The van der Waals surface area contributed by atoms with Gasteiger partial charge in [0.15, 0.2) is 5.76 Å². The fourth-order valence-electron chi connectivity index (χ4n) is 2.75. The molecule has 6 nitrogen and oxygen atoms in total. The van der Waals surface area contributed by atoms with Crippen LogP contribution in [-0.2, 0) is 4.79 Å². The average molecular weight is 330 g/mol. The molecule has 0 spiro atoms. The monoisotopic (exact) mass is 329 g/mol. The second-order valence-corrected chi connectivity index (χ2v) is 5.72. The van der Waals surface area contributed by atoms with Gasteiger partial charge in [-0.2, -0.15) is 0 Å². The number of nitrogens with zero attached hydrogens (tertiary/aromatic N) is 1. The molecule has 1 aromatic rings. The first kappa shape index (κ1) is 18.5. The van der Waals surface area contributed by atoms with Crippen LogP contribution in [0.4, 0.5) is 0 Å². The molecule has 0 bridgehead atoms. The summed E-state index contributed by atoms with van der Waals surface area (Å²) in [6, 6.07) is 2.67. The Hall–Kier alpha value is -1.53. The van der Waals surface area contributed by atoms with Crippen LogP contribution >= 0.6 is 12.4 Å². The van der Waals surface area contributed by atoms with E-state index >= 15 is 0 Å². The van der Waals surface area contributed by atoms with E-state index in [0.717, 1.165) is 12.8 Å². The first-order valence-corrected chi connectivity index (χ1v) is 7.37. The second kappa shape index (κ2) is 8.19. The van der Waals surface area contributed by atoms with Crippen LogP contribution in [0, 0.1) is 5.92 Å². The zero-order valence-corrected chi connectivity index (χ0v) is 13.8. The lowest BCUT2D eigenvalue weighted by molar-refractivity contribution is -0.136. The molecule has 1 aliphatic heterocycles. The number of furan rings is 1. The lowest BCUT2D eigenvalue weighted by Crippen LogP contribution is -2.55. The lowest BCUT2D eigenvalue weighted by atomic mass is 9.92. The minimum absolute atomic E-state index is 0. The maximum absolute atomic E-state index is 12.5. The van der Waals surface area contributed by atoms with Gasteiger partial charge in [0.25, 0.3) is 5.91 Å². The van der Waals surface area contributed by atoms with Crippen LogP contribution in [-0.4, -0.2) is 41.9 Å². The molecular weight excluding hydrogens is 306 g/mol. The number of hydrogen-bond donors (Lipinski definition) is 2. The van der Waals surface area contributed by atoms with Gasteiger partial charge in [-0.05, 0) is 37.8 Å². The van der Waals surface area contributed by atoms with E-state index in [1.807, 2.05) is 0 Å². The van der Waals surface area contributed by atoms with Crippen molar-refractivity contribution in [3.63, 3.8) is 0 Å². The molecule has 2 heterocycles. The van der Waals surface area contributed by atoms with Gasteiger partial charge in [0.05, 0.1) is 6.26 Å². The number of rotatable bonds is 4. The predicted octanol–water partition coefficient (Wildman–Crippen LogP) is 1.41. The Morgan fingerprint density at radius 2 is 2.27 bits per heavy atom. The molecule has 124 valence electrons. The van der Waals surface area contributed by atoms with Gasteiger partial charge in [0.2, 0.25) is 5.91 Å². The topological polar surface area (TPSA) is 88.6 Å². The van der Waals surface area contributed by atoms with E-state index in [2.05, 4.69) is 12.2 Å². The van der Waals surface area contributed by atoms with Gasteiger partial charge in [0.1, 0.15) is 6.04 Å². The van der Waals surface area contributed by atoms with E-state index in [-0.39, 0.29) is 36.0 Å². The Kier molecular flexibility index (Phi) is 6.90. The van der Waals surface area contributed by atoms with Gasteiger partial charge >= 0.3 is 0 Å². The van der Waals surface area contributed by atoms with Gasteiger partial charge in [-0.25, -0.2) is 0 Å². The molecule has 0 saturated carbocycles. The Balaban J connectivity index is 0.00000242. The summed E-state index contributed by atoms with van der Waals surface area (Å²) >= 11 is 0. The van der Waals surface area contributed by atoms with Gasteiger partial charge in [-0.15, -0.1) is 12.4 Å². The van der Waals surface area contributed by atoms with Crippen LogP contribution < -0.4 is 11.1 Å². The first-order valence-electron chi connectivity index (χ1n) is 7.37. The minimum atomic E-state index is -0.593. The highest BCUT2D eigenvalue weighted by atomic mass is 35.5. The molecule has 1 saturated heterocycles. The standard InChI is InChI=1S/C15H23N3O3.ClH/c1-10-5-6-18(12(8-10)9-16)15(20)11(2)17-14(19)13-4-3-7-21-13;/h3-4,7,10-12H,5-6,8-9,16H2,1-2H3,(H,17,19);1H. The van der Waals surface area contributed by atoms with Gasteiger partial charge in [-0.1, -0.05) is 6.92 Å². The number of carbonyl (C=O) groups is 2. The Labute approximate surface area is 136 Å². The van der Waals surface area contributed by atoms with Crippen molar-refractivity contribution in [2.24, 2.45) is 11.7 Å². The largest absolute Gasteiger partial charge is 0.459 e. The van der Waals surface area contributed by atoms with Crippen LogP contribution in [0.5, 0.6) is 0 Å². The summed E-state index contributed by atoms with van der Waals surface area (Å²) in [5, 5.41) is 2.67. The third kappa shape index (κ3) is 4.24. The van der Waals surface area contributed by atoms with E-state index in [9.17, 15) is 9.59 Å². The number of nitrogens with two attached hydrogens (primary N) is 1. The van der Waals surface area contributed by atoms with E-state index in [1.165, 1.54) is 6.26 Å². The summed E-state index contributed by atoms with van der Waals surface area (Å²) in [6.07, 6.45) is 3.32.